The van der Waals surface area contributed by atoms with Gasteiger partial charge in [-0.2, -0.15) is 0 Å². The number of hydrogen-bond donors (Lipinski definition) is 0. The Hall–Kier alpha value is -3.64. The van der Waals surface area contributed by atoms with Crippen LogP contribution in [0.25, 0.3) is 17.4 Å². The molecular weight excluding hydrogens is 421 g/mol. The van der Waals surface area contributed by atoms with Crippen LogP contribution >= 0.6 is 11.6 Å². The quantitative estimate of drug-likeness (QED) is 0.301. The number of methoxy groups -OCH3 is 1. The van der Waals surface area contributed by atoms with Crippen LogP contribution in [0, 0.1) is 5.82 Å². The number of anilines is 1. The molecule has 0 amide bonds. The van der Waals surface area contributed by atoms with Gasteiger partial charge in [-0.3, -0.25) is 4.79 Å². The first-order valence-corrected chi connectivity index (χ1v) is 9.74. The summed E-state index contributed by atoms with van der Waals surface area (Å²) < 4.78 is 24.1. The molecule has 2 aromatic carbocycles. The van der Waals surface area contributed by atoms with E-state index in [1.54, 1.807) is 42.2 Å². The Morgan fingerprint density at radius 2 is 1.87 bits per heavy atom. The average molecular weight is 438 g/mol. The van der Waals surface area contributed by atoms with Crippen molar-refractivity contribution in [3.8, 4) is 11.3 Å². The van der Waals surface area contributed by atoms with E-state index in [2.05, 4.69) is 0 Å². The third-order valence-electron chi connectivity index (χ3n) is 4.89. The van der Waals surface area contributed by atoms with Crippen LogP contribution in [0.2, 0.25) is 5.02 Å². The number of esters is 1. The molecule has 0 N–H and O–H groups in total. The Kier molecular flexibility index (Phi) is 5.48. The van der Waals surface area contributed by atoms with Crippen molar-refractivity contribution in [2.45, 2.75) is 6.92 Å². The van der Waals surface area contributed by atoms with Gasteiger partial charge in [-0.15, -0.1) is 0 Å². The van der Waals surface area contributed by atoms with Gasteiger partial charge in [0.1, 0.15) is 22.9 Å². The Balaban J connectivity index is 1.78. The lowest BCUT2D eigenvalue weighted by atomic mass is 10.1. The predicted molar refractivity (Wildman–Crippen MR) is 116 cm³/mol. The largest absolute Gasteiger partial charge is 0.465 e. The molecule has 0 aliphatic carbocycles. The van der Waals surface area contributed by atoms with E-state index in [-0.39, 0.29) is 11.3 Å². The zero-order valence-corrected chi connectivity index (χ0v) is 17.4. The number of ketones is 1. The van der Waals surface area contributed by atoms with Crippen LogP contribution in [0.3, 0.4) is 0 Å². The molecule has 1 aliphatic rings. The van der Waals surface area contributed by atoms with E-state index in [1.807, 2.05) is 12.1 Å². The van der Waals surface area contributed by atoms with Crippen molar-refractivity contribution in [3.05, 3.63) is 94.2 Å². The van der Waals surface area contributed by atoms with Gasteiger partial charge in [0, 0.05) is 28.0 Å². The summed E-state index contributed by atoms with van der Waals surface area (Å²) in [5.41, 5.74) is 1.81. The van der Waals surface area contributed by atoms with Crippen molar-refractivity contribution in [2.75, 3.05) is 12.0 Å². The molecule has 0 bridgehead atoms. The van der Waals surface area contributed by atoms with Gasteiger partial charge in [0.05, 0.1) is 12.8 Å². The lowest BCUT2D eigenvalue weighted by Crippen LogP contribution is -2.18. The molecule has 0 unspecified atom stereocenters. The van der Waals surface area contributed by atoms with E-state index in [0.29, 0.717) is 27.9 Å². The Bertz CT molecular complexity index is 1240. The molecule has 7 heteroatoms. The molecule has 0 fully saturated rings. The number of ether oxygens (including phenoxy) is 1. The maximum atomic E-state index is 13.4. The van der Waals surface area contributed by atoms with Gasteiger partial charge in [0.15, 0.2) is 0 Å². The van der Waals surface area contributed by atoms with Crippen molar-refractivity contribution >= 4 is 35.1 Å². The van der Waals surface area contributed by atoms with E-state index in [4.69, 9.17) is 20.8 Å². The van der Waals surface area contributed by atoms with Gasteiger partial charge in [-0.05, 0) is 55.5 Å². The molecule has 0 spiro atoms. The first-order valence-electron chi connectivity index (χ1n) is 9.36. The van der Waals surface area contributed by atoms with Gasteiger partial charge < -0.3 is 14.1 Å². The number of nitrogens with zero attached hydrogens (tertiary/aromatic N) is 1. The third kappa shape index (κ3) is 3.90. The molecular formula is C24H17ClFNO4. The van der Waals surface area contributed by atoms with Gasteiger partial charge >= 0.3 is 5.97 Å². The Labute approximate surface area is 183 Å². The molecule has 2 heterocycles. The Morgan fingerprint density at radius 1 is 1.13 bits per heavy atom. The number of rotatable bonds is 4. The van der Waals surface area contributed by atoms with Crippen molar-refractivity contribution in [1.82, 2.24) is 0 Å². The molecule has 31 heavy (non-hydrogen) atoms. The van der Waals surface area contributed by atoms with E-state index in [0.717, 1.165) is 5.56 Å². The fourth-order valence-electron chi connectivity index (χ4n) is 3.44. The maximum absolute atomic E-state index is 13.4. The highest BCUT2D eigenvalue weighted by atomic mass is 35.5. The number of hydrogen-bond acceptors (Lipinski definition) is 5. The highest BCUT2D eigenvalue weighted by Crippen LogP contribution is 2.36. The fourth-order valence-corrected chi connectivity index (χ4v) is 3.63. The van der Waals surface area contributed by atoms with Gasteiger partial charge in [-0.25, -0.2) is 9.18 Å². The molecule has 4 rings (SSSR count). The van der Waals surface area contributed by atoms with Gasteiger partial charge in [0.25, 0.3) is 0 Å². The number of Topliss-reactive ketones (excluding diaryl/α,β-unsaturated/α-hetero) is 1. The molecule has 0 saturated heterocycles. The summed E-state index contributed by atoms with van der Waals surface area (Å²) >= 11 is 6.05. The van der Waals surface area contributed by atoms with Crippen molar-refractivity contribution < 1.29 is 23.1 Å². The molecule has 3 aromatic rings. The summed E-state index contributed by atoms with van der Waals surface area (Å²) in [7, 11) is 1.21. The molecule has 0 atom stereocenters. The first-order chi connectivity index (χ1) is 14.9. The molecule has 1 aliphatic heterocycles. The summed E-state index contributed by atoms with van der Waals surface area (Å²) in [5.74, 6) is -0.673. The second-order valence-electron chi connectivity index (χ2n) is 6.83. The van der Waals surface area contributed by atoms with Gasteiger partial charge in [-0.1, -0.05) is 23.7 Å². The van der Waals surface area contributed by atoms with Crippen LogP contribution in [0.5, 0.6) is 0 Å². The molecule has 5 nitrogen and oxygen atoms in total. The standard InChI is InChI=1S/C24H17ClFNO4/c1-14-22(24(29)30-2)23(28)20(27(14)18-8-6-17(26)7-9-18)13-19-10-11-21(31-19)15-4-3-5-16(25)12-15/h3-13H,1-2H3. The van der Waals surface area contributed by atoms with Crippen LogP contribution < -0.4 is 4.90 Å². The maximum Gasteiger partial charge on any atom is 0.343 e. The monoisotopic (exact) mass is 437 g/mol. The summed E-state index contributed by atoms with van der Waals surface area (Å²) in [5, 5.41) is 0.574. The van der Waals surface area contributed by atoms with E-state index >= 15 is 0 Å². The number of furan rings is 1. The molecule has 0 radical (unpaired) electrons. The SMILES string of the molecule is COC(=O)C1=C(C)N(c2ccc(F)cc2)C(=Cc2ccc(-c3cccc(Cl)c3)o2)C1=O. The lowest BCUT2D eigenvalue weighted by Gasteiger charge is -2.21. The number of benzene rings is 2. The summed E-state index contributed by atoms with van der Waals surface area (Å²) in [4.78, 5) is 26.9. The van der Waals surface area contributed by atoms with Gasteiger partial charge in [0.2, 0.25) is 5.78 Å². The van der Waals surface area contributed by atoms with Crippen LogP contribution in [0.1, 0.15) is 12.7 Å². The molecule has 156 valence electrons. The van der Waals surface area contributed by atoms with Crippen molar-refractivity contribution in [3.63, 3.8) is 0 Å². The minimum Gasteiger partial charge on any atom is -0.465 e. The predicted octanol–water partition coefficient (Wildman–Crippen LogP) is 5.62. The summed E-state index contributed by atoms with van der Waals surface area (Å²) in [6.07, 6.45) is 1.54. The van der Waals surface area contributed by atoms with Crippen LogP contribution in [0.15, 0.2) is 82.0 Å². The highest BCUT2D eigenvalue weighted by molar-refractivity contribution is 6.31. The van der Waals surface area contributed by atoms with Crippen LogP contribution in [-0.4, -0.2) is 18.9 Å². The van der Waals surface area contributed by atoms with Crippen LogP contribution in [-0.2, 0) is 14.3 Å². The second kappa shape index (κ2) is 8.24. The smallest absolute Gasteiger partial charge is 0.343 e. The number of carbonyl (C=O) groups excluding carboxylic acids is 2. The minimum atomic E-state index is -0.739. The zero-order chi connectivity index (χ0) is 22.1. The van der Waals surface area contributed by atoms with Crippen molar-refractivity contribution in [1.29, 1.82) is 0 Å². The Morgan fingerprint density at radius 3 is 2.55 bits per heavy atom. The summed E-state index contributed by atoms with van der Waals surface area (Å²) in [6, 6.07) is 16.3. The minimum absolute atomic E-state index is 0.0836. The highest BCUT2D eigenvalue weighted by Gasteiger charge is 2.38. The third-order valence-corrected chi connectivity index (χ3v) is 5.12. The fraction of sp³-hybridized carbons (Fsp3) is 0.0833. The van der Waals surface area contributed by atoms with E-state index < -0.39 is 17.6 Å². The number of allylic oxidation sites excluding steroid dienone is 2. The number of carbonyl (C=O) groups is 2. The van der Waals surface area contributed by atoms with Crippen molar-refractivity contribution in [2.24, 2.45) is 0 Å². The number of halogens is 2. The average Bonchev–Trinajstić information content (AvgIpc) is 3.32. The molecule has 1 aromatic heterocycles. The van der Waals surface area contributed by atoms with E-state index in [1.165, 1.54) is 31.4 Å². The zero-order valence-electron chi connectivity index (χ0n) is 16.7. The molecule has 0 saturated carbocycles. The normalized spacial score (nSPS) is 15.2. The second-order valence-corrected chi connectivity index (χ2v) is 7.27. The van der Waals surface area contributed by atoms with Crippen LogP contribution in [0.4, 0.5) is 10.1 Å². The lowest BCUT2D eigenvalue weighted by molar-refractivity contribution is -0.137. The topological polar surface area (TPSA) is 59.8 Å². The van der Waals surface area contributed by atoms with E-state index in [9.17, 15) is 14.0 Å². The summed E-state index contributed by atoms with van der Waals surface area (Å²) in [6.45, 7) is 1.63. The first kappa shape index (κ1) is 20.6.